The van der Waals surface area contributed by atoms with E-state index in [1.54, 1.807) is 0 Å². The van der Waals surface area contributed by atoms with Crippen molar-refractivity contribution in [2.24, 2.45) is 0 Å². The largest absolute Gasteiger partial charge is 0.468 e. The van der Waals surface area contributed by atoms with E-state index in [4.69, 9.17) is 23.7 Å². The first-order chi connectivity index (χ1) is 20.4. The van der Waals surface area contributed by atoms with Crippen molar-refractivity contribution in [2.45, 2.75) is 33.1 Å². The van der Waals surface area contributed by atoms with Gasteiger partial charge in [-0.25, -0.2) is 0 Å². The third kappa shape index (κ3) is 20.1. The summed E-state index contributed by atoms with van der Waals surface area (Å²) in [6.07, 6.45) is 2.75. The average Bonchev–Trinajstić information content (AvgIpc) is 2.98. The lowest BCUT2D eigenvalue weighted by Gasteiger charge is -2.33. The summed E-state index contributed by atoms with van der Waals surface area (Å²) < 4.78 is 26.2. The number of nitrogens with zero attached hydrogens (tertiary/aromatic N) is 4. The third-order valence-electron chi connectivity index (χ3n) is 6.88. The normalized spacial score (nSPS) is 16.9. The summed E-state index contributed by atoms with van der Waals surface area (Å²) >= 11 is 0. The molecule has 0 bridgehead atoms. The Bertz CT molecular complexity index is 718. The Kier molecular flexibility index (Phi) is 23.3. The van der Waals surface area contributed by atoms with Crippen LogP contribution >= 0.6 is 0 Å². The van der Waals surface area contributed by atoms with E-state index in [0.717, 1.165) is 52.0 Å². The van der Waals surface area contributed by atoms with E-state index >= 15 is 0 Å². The molecule has 0 unspecified atom stereocenters. The van der Waals surface area contributed by atoms with E-state index in [1.165, 1.54) is 14.2 Å². The van der Waals surface area contributed by atoms with Gasteiger partial charge in [-0.2, -0.15) is 0 Å². The number of esters is 2. The molecule has 1 saturated heterocycles. The number of rotatable bonds is 20. The van der Waals surface area contributed by atoms with Crippen molar-refractivity contribution in [2.75, 3.05) is 139 Å². The van der Waals surface area contributed by atoms with Gasteiger partial charge in [0.15, 0.2) is 0 Å². The molecule has 1 rings (SSSR count). The molecule has 0 saturated carbocycles. The molecule has 0 radical (unpaired) electrons. The average molecular weight is 604 g/mol. The number of carbonyl (C=O) groups excluding carboxylic acids is 3. The number of carbonyl (C=O) groups is 3. The van der Waals surface area contributed by atoms with Crippen molar-refractivity contribution in [1.29, 1.82) is 0 Å². The van der Waals surface area contributed by atoms with Crippen molar-refractivity contribution < 1.29 is 38.1 Å². The van der Waals surface area contributed by atoms with Gasteiger partial charge in [-0.05, 0) is 25.8 Å². The molecule has 0 aromatic rings. The fraction of sp³-hybridized carbons (Fsp3) is 0.897. The molecule has 1 heterocycles. The Balaban J connectivity index is 2.55. The number of hydrogen-bond donors (Lipinski definition) is 1. The van der Waals surface area contributed by atoms with Gasteiger partial charge in [0, 0.05) is 72.1 Å². The Morgan fingerprint density at radius 2 is 1.00 bits per heavy atom. The minimum atomic E-state index is -0.310. The molecule has 0 aromatic carbocycles. The second kappa shape index (κ2) is 25.6. The van der Waals surface area contributed by atoms with Gasteiger partial charge in [-0.15, -0.1) is 0 Å². The molecule has 0 aromatic heterocycles. The Labute approximate surface area is 253 Å². The van der Waals surface area contributed by atoms with Gasteiger partial charge in [0.2, 0.25) is 5.91 Å². The molecule has 1 N–H and O–H groups in total. The molecule has 1 amide bonds. The summed E-state index contributed by atoms with van der Waals surface area (Å²) in [5, 5.41) is 3.01. The van der Waals surface area contributed by atoms with Crippen molar-refractivity contribution in [3.63, 3.8) is 0 Å². The number of methoxy groups -OCH3 is 2. The summed E-state index contributed by atoms with van der Waals surface area (Å²) in [6, 6.07) is 0. The molecule has 246 valence electrons. The molecule has 1 fully saturated rings. The van der Waals surface area contributed by atoms with Crippen molar-refractivity contribution in [3.05, 3.63) is 0 Å². The predicted molar refractivity (Wildman–Crippen MR) is 160 cm³/mol. The SMILES string of the molecule is CCCOCCOCCOCCCNC(=O)CN1CCN(CCC)CCN(CC(=O)OC)CCN(CC(=O)OC)CC1. The van der Waals surface area contributed by atoms with Gasteiger partial charge < -0.3 is 33.9 Å². The molecular formula is C29H57N5O8. The molecule has 13 heteroatoms. The predicted octanol–water partition coefficient (Wildman–Crippen LogP) is -0.0699. The molecule has 1 aliphatic rings. The van der Waals surface area contributed by atoms with Crippen LogP contribution < -0.4 is 5.32 Å². The number of nitrogens with one attached hydrogen (secondary N) is 1. The van der Waals surface area contributed by atoms with Crippen LogP contribution in [-0.2, 0) is 38.1 Å². The van der Waals surface area contributed by atoms with E-state index in [9.17, 15) is 14.4 Å². The summed E-state index contributed by atoms with van der Waals surface area (Å²) in [6.45, 7) is 15.4. The van der Waals surface area contributed by atoms with Crippen molar-refractivity contribution in [1.82, 2.24) is 24.9 Å². The molecular weight excluding hydrogens is 546 g/mol. The van der Waals surface area contributed by atoms with Crippen LogP contribution in [0.15, 0.2) is 0 Å². The number of hydrogen-bond acceptors (Lipinski definition) is 12. The lowest BCUT2D eigenvalue weighted by Crippen LogP contribution is -2.49. The first-order valence-electron chi connectivity index (χ1n) is 15.4. The summed E-state index contributed by atoms with van der Waals surface area (Å²) in [5.41, 5.74) is 0. The summed E-state index contributed by atoms with van der Waals surface area (Å²) in [4.78, 5) is 45.5. The van der Waals surface area contributed by atoms with Gasteiger partial charge >= 0.3 is 11.9 Å². The van der Waals surface area contributed by atoms with Crippen LogP contribution in [0.25, 0.3) is 0 Å². The smallest absolute Gasteiger partial charge is 0.319 e. The van der Waals surface area contributed by atoms with Crippen LogP contribution in [0.3, 0.4) is 0 Å². The highest BCUT2D eigenvalue weighted by Gasteiger charge is 2.20. The highest BCUT2D eigenvalue weighted by Crippen LogP contribution is 2.03. The quantitative estimate of drug-likeness (QED) is 0.148. The molecule has 0 atom stereocenters. The second-order valence-electron chi connectivity index (χ2n) is 10.4. The molecule has 1 aliphatic heterocycles. The minimum Gasteiger partial charge on any atom is -0.468 e. The van der Waals surface area contributed by atoms with Crippen LogP contribution in [0.5, 0.6) is 0 Å². The third-order valence-corrected chi connectivity index (χ3v) is 6.88. The Morgan fingerprint density at radius 1 is 0.571 bits per heavy atom. The fourth-order valence-corrected chi connectivity index (χ4v) is 4.43. The van der Waals surface area contributed by atoms with Gasteiger partial charge in [-0.3, -0.25) is 29.1 Å². The highest BCUT2D eigenvalue weighted by atomic mass is 16.5. The topological polar surface area (TPSA) is 122 Å². The van der Waals surface area contributed by atoms with E-state index < -0.39 is 0 Å². The van der Waals surface area contributed by atoms with Crippen LogP contribution in [0.2, 0.25) is 0 Å². The molecule has 0 spiro atoms. The molecule has 42 heavy (non-hydrogen) atoms. The van der Waals surface area contributed by atoms with E-state index in [1.807, 2.05) is 4.90 Å². The Morgan fingerprint density at radius 3 is 1.45 bits per heavy atom. The first-order valence-corrected chi connectivity index (χ1v) is 15.4. The number of amides is 1. The van der Waals surface area contributed by atoms with Crippen molar-refractivity contribution in [3.8, 4) is 0 Å². The van der Waals surface area contributed by atoms with Gasteiger partial charge in [0.1, 0.15) is 0 Å². The van der Waals surface area contributed by atoms with E-state index in [0.29, 0.717) is 72.3 Å². The summed E-state index contributed by atoms with van der Waals surface area (Å²) in [5.74, 6) is -0.608. The summed E-state index contributed by atoms with van der Waals surface area (Å²) in [7, 11) is 2.78. The zero-order valence-electron chi connectivity index (χ0n) is 26.6. The van der Waals surface area contributed by atoms with E-state index in [-0.39, 0.29) is 37.5 Å². The monoisotopic (exact) mass is 603 g/mol. The minimum absolute atomic E-state index is 0.0247. The lowest BCUT2D eigenvalue weighted by molar-refractivity contribution is -0.143. The molecule has 0 aliphatic carbocycles. The Hall–Kier alpha value is -1.87. The highest BCUT2D eigenvalue weighted by molar-refractivity contribution is 5.78. The maximum atomic E-state index is 12.8. The standard InChI is InChI=1S/C29H57N5O8/c1-5-9-31-10-12-32(24-27(35)30-8-7-19-41-21-23-42-22-20-40-18-6-2)14-15-34(26-29(37)39-4)17-16-33(13-11-31)25-28(36)38-3/h5-26H2,1-4H3,(H,30,35). The van der Waals surface area contributed by atoms with Crippen LogP contribution in [0, 0.1) is 0 Å². The first kappa shape index (κ1) is 38.2. The zero-order chi connectivity index (χ0) is 30.8. The van der Waals surface area contributed by atoms with Gasteiger partial charge in [-0.1, -0.05) is 13.8 Å². The van der Waals surface area contributed by atoms with Crippen LogP contribution in [0.4, 0.5) is 0 Å². The van der Waals surface area contributed by atoms with Gasteiger partial charge in [0.25, 0.3) is 0 Å². The van der Waals surface area contributed by atoms with Gasteiger partial charge in [0.05, 0.1) is 60.3 Å². The maximum absolute atomic E-state index is 12.8. The van der Waals surface area contributed by atoms with Crippen LogP contribution in [0.1, 0.15) is 33.1 Å². The number of ether oxygens (including phenoxy) is 5. The second-order valence-corrected chi connectivity index (χ2v) is 10.4. The van der Waals surface area contributed by atoms with Crippen LogP contribution in [-0.4, -0.2) is 176 Å². The van der Waals surface area contributed by atoms with E-state index in [2.05, 4.69) is 33.9 Å². The molecule has 13 nitrogen and oxygen atoms in total. The fourth-order valence-electron chi connectivity index (χ4n) is 4.43. The lowest BCUT2D eigenvalue weighted by atomic mass is 10.3. The maximum Gasteiger partial charge on any atom is 0.319 e. The van der Waals surface area contributed by atoms with Crippen molar-refractivity contribution >= 4 is 17.8 Å². The zero-order valence-corrected chi connectivity index (χ0v) is 26.6.